The minimum atomic E-state index is 0.393. The Bertz CT molecular complexity index is 746. The van der Waals surface area contributed by atoms with Gasteiger partial charge in [0.05, 0.1) is 10.9 Å². The van der Waals surface area contributed by atoms with Crippen LogP contribution in [0.5, 0.6) is 0 Å². The summed E-state index contributed by atoms with van der Waals surface area (Å²) in [6.07, 6.45) is 3.69. The zero-order valence-corrected chi connectivity index (χ0v) is 11.4. The van der Waals surface area contributed by atoms with Gasteiger partial charge in [-0.15, -0.1) is 10.2 Å². The standard InChI is InChI=1S/C14H12ClN5/c15-11-4-5-12(16-7-11)19-8-10(9-19)14-18-17-13-3-1-2-6-20(13)14/h1-7,10H,8-9H2. The Balaban J connectivity index is 1.55. The highest BCUT2D eigenvalue weighted by Crippen LogP contribution is 2.30. The second-order valence-electron chi connectivity index (χ2n) is 4.92. The van der Waals surface area contributed by atoms with Crippen molar-refractivity contribution >= 4 is 23.1 Å². The first-order valence-electron chi connectivity index (χ1n) is 6.47. The summed E-state index contributed by atoms with van der Waals surface area (Å²) in [6.45, 7) is 1.81. The molecular formula is C14H12ClN5. The first-order valence-corrected chi connectivity index (χ1v) is 6.85. The molecule has 1 fully saturated rings. The molecule has 3 aromatic rings. The summed E-state index contributed by atoms with van der Waals surface area (Å²) in [5.41, 5.74) is 0.894. The van der Waals surface area contributed by atoms with Crippen LogP contribution in [0.1, 0.15) is 11.7 Å². The van der Waals surface area contributed by atoms with Gasteiger partial charge >= 0.3 is 0 Å². The van der Waals surface area contributed by atoms with E-state index in [0.717, 1.165) is 30.4 Å². The first-order chi connectivity index (χ1) is 9.81. The van der Waals surface area contributed by atoms with Gasteiger partial charge in [0.2, 0.25) is 0 Å². The van der Waals surface area contributed by atoms with Crippen LogP contribution < -0.4 is 4.90 Å². The number of rotatable bonds is 2. The number of hydrogen-bond donors (Lipinski definition) is 0. The van der Waals surface area contributed by atoms with Gasteiger partial charge in [0.1, 0.15) is 11.6 Å². The Hall–Kier alpha value is -2.14. The Morgan fingerprint density at radius 1 is 1.10 bits per heavy atom. The molecule has 6 heteroatoms. The molecule has 4 rings (SSSR count). The fourth-order valence-electron chi connectivity index (χ4n) is 2.52. The average Bonchev–Trinajstić information content (AvgIpc) is 2.84. The molecule has 1 aliphatic rings. The van der Waals surface area contributed by atoms with Gasteiger partial charge in [0.15, 0.2) is 5.65 Å². The summed E-state index contributed by atoms with van der Waals surface area (Å²) in [7, 11) is 0. The predicted octanol–water partition coefficient (Wildman–Crippen LogP) is 2.38. The summed E-state index contributed by atoms with van der Waals surface area (Å²) in [4.78, 5) is 6.54. The number of halogens is 1. The van der Waals surface area contributed by atoms with Crippen LogP contribution >= 0.6 is 11.6 Å². The van der Waals surface area contributed by atoms with Crippen molar-refractivity contribution in [3.05, 3.63) is 53.6 Å². The fourth-order valence-corrected chi connectivity index (χ4v) is 2.63. The Labute approximate surface area is 120 Å². The molecule has 0 N–H and O–H groups in total. The zero-order chi connectivity index (χ0) is 13.5. The second kappa shape index (κ2) is 4.45. The van der Waals surface area contributed by atoms with Crippen molar-refractivity contribution in [1.29, 1.82) is 0 Å². The molecule has 20 heavy (non-hydrogen) atoms. The molecule has 100 valence electrons. The topological polar surface area (TPSA) is 46.3 Å². The number of anilines is 1. The van der Waals surface area contributed by atoms with E-state index in [1.807, 2.05) is 36.5 Å². The SMILES string of the molecule is Clc1ccc(N2CC(c3nnc4ccccn34)C2)nc1. The fraction of sp³-hybridized carbons (Fsp3) is 0.214. The number of pyridine rings is 2. The predicted molar refractivity (Wildman–Crippen MR) is 77.2 cm³/mol. The second-order valence-corrected chi connectivity index (χ2v) is 5.36. The van der Waals surface area contributed by atoms with Gasteiger partial charge < -0.3 is 4.90 Å². The molecular weight excluding hydrogens is 274 g/mol. The molecule has 0 amide bonds. The maximum absolute atomic E-state index is 5.85. The van der Waals surface area contributed by atoms with Crippen LogP contribution in [-0.2, 0) is 0 Å². The van der Waals surface area contributed by atoms with Gasteiger partial charge in [0.25, 0.3) is 0 Å². The largest absolute Gasteiger partial charge is 0.355 e. The number of hydrogen-bond acceptors (Lipinski definition) is 4. The number of fused-ring (bicyclic) bond motifs is 1. The lowest BCUT2D eigenvalue weighted by Crippen LogP contribution is -2.46. The van der Waals surface area contributed by atoms with E-state index in [2.05, 4.69) is 24.5 Å². The molecule has 0 spiro atoms. The van der Waals surface area contributed by atoms with Crippen molar-refractivity contribution in [2.24, 2.45) is 0 Å². The Kier molecular flexibility index (Phi) is 2.60. The number of aromatic nitrogens is 4. The van der Waals surface area contributed by atoms with Crippen molar-refractivity contribution in [2.75, 3.05) is 18.0 Å². The van der Waals surface area contributed by atoms with Gasteiger partial charge in [-0.1, -0.05) is 17.7 Å². The van der Waals surface area contributed by atoms with E-state index in [1.54, 1.807) is 6.20 Å². The molecule has 4 heterocycles. The normalized spacial score (nSPS) is 15.6. The quantitative estimate of drug-likeness (QED) is 0.725. The van der Waals surface area contributed by atoms with E-state index in [4.69, 9.17) is 11.6 Å². The molecule has 0 radical (unpaired) electrons. The van der Waals surface area contributed by atoms with E-state index in [0.29, 0.717) is 10.9 Å². The highest BCUT2D eigenvalue weighted by atomic mass is 35.5. The molecule has 0 aliphatic carbocycles. The van der Waals surface area contributed by atoms with Gasteiger partial charge in [-0.2, -0.15) is 0 Å². The van der Waals surface area contributed by atoms with Gasteiger partial charge in [-0.05, 0) is 24.3 Å². The van der Waals surface area contributed by atoms with Crippen molar-refractivity contribution in [3.8, 4) is 0 Å². The molecule has 5 nitrogen and oxygen atoms in total. The third kappa shape index (κ3) is 1.82. The highest BCUT2D eigenvalue weighted by molar-refractivity contribution is 6.30. The summed E-state index contributed by atoms with van der Waals surface area (Å²) >= 11 is 5.85. The molecule has 0 unspecified atom stereocenters. The zero-order valence-electron chi connectivity index (χ0n) is 10.6. The van der Waals surface area contributed by atoms with Crippen LogP contribution in [-0.4, -0.2) is 32.7 Å². The maximum atomic E-state index is 5.85. The average molecular weight is 286 g/mol. The van der Waals surface area contributed by atoms with E-state index in [1.165, 1.54) is 0 Å². The maximum Gasteiger partial charge on any atom is 0.160 e. The Morgan fingerprint density at radius 3 is 2.80 bits per heavy atom. The molecule has 1 saturated heterocycles. The Morgan fingerprint density at radius 2 is 2.00 bits per heavy atom. The summed E-state index contributed by atoms with van der Waals surface area (Å²) in [5, 5.41) is 9.16. The van der Waals surface area contributed by atoms with E-state index in [9.17, 15) is 0 Å². The van der Waals surface area contributed by atoms with Crippen LogP contribution in [0, 0.1) is 0 Å². The lowest BCUT2D eigenvalue weighted by atomic mass is 9.99. The van der Waals surface area contributed by atoms with Crippen molar-refractivity contribution in [3.63, 3.8) is 0 Å². The highest BCUT2D eigenvalue weighted by Gasteiger charge is 2.32. The van der Waals surface area contributed by atoms with Gasteiger partial charge in [-0.3, -0.25) is 4.40 Å². The smallest absolute Gasteiger partial charge is 0.160 e. The van der Waals surface area contributed by atoms with Gasteiger partial charge in [0, 0.05) is 25.5 Å². The van der Waals surface area contributed by atoms with Crippen LogP contribution in [0.2, 0.25) is 5.02 Å². The van der Waals surface area contributed by atoms with Crippen molar-refractivity contribution < 1.29 is 0 Å². The lowest BCUT2D eigenvalue weighted by molar-refractivity contribution is 0.493. The van der Waals surface area contributed by atoms with Crippen LogP contribution in [0.15, 0.2) is 42.7 Å². The van der Waals surface area contributed by atoms with Crippen molar-refractivity contribution in [1.82, 2.24) is 19.6 Å². The van der Waals surface area contributed by atoms with E-state index < -0.39 is 0 Å². The van der Waals surface area contributed by atoms with Crippen LogP contribution in [0.3, 0.4) is 0 Å². The van der Waals surface area contributed by atoms with E-state index >= 15 is 0 Å². The van der Waals surface area contributed by atoms with Gasteiger partial charge in [-0.25, -0.2) is 4.98 Å². The van der Waals surface area contributed by atoms with Crippen molar-refractivity contribution in [2.45, 2.75) is 5.92 Å². The number of nitrogens with zero attached hydrogens (tertiary/aromatic N) is 5. The summed E-state index contributed by atoms with van der Waals surface area (Å²) in [6, 6.07) is 9.74. The first kappa shape index (κ1) is 11.7. The third-order valence-electron chi connectivity index (χ3n) is 3.62. The van der Waals surface area contributed by atoms with Crippen LogP contribution in [0.4, 0.5) is 5.82 Å². The molecule has 3 aromatic heterocycles. The molecule has 1 aliphatic heterocycles. The minimum Gasteiger partial charge on any atom is -0.355 e. The summed E-state index contributed by atoms with van der Waals surface area (Å²) in [5.74, 6) is 2.37. The summed E-state index contributed by atoms with van der Waals surface area (Å²) < 4.78 is 2.05. The van der Waals surface area contributed by atoms with Crippen LogP contribution in [0.25, 0.3) is 5.65 Å². The molecule has 0 bridgehead atoms. The monoisotopic (exact) mass is 285 g/mol. The minimum absolute atomic E-state index is 0.393. The molecule has 0 saturated carbocycles. The van der Waals surface area contributed by atoms with E-state index in [-0.39, 0.29) is 0 Å². The molecule has 0 aromatic carbocycles. The third-order valence-corrected chi connectivity index (χ3v) is 3.85. The lowest BCUT2D eigenvalue weighted by Gasteiger charge is -2.39. The molecule has 0 atom stereocenters.